The van der Waals surface area contributed by atoms with Gasteiger partial charge < -0.3 is 10.8 Å². The molecule has 0 aliphatic carbocycles. The van der Waals surface area contributed by atoms with Crippen LogP contribution in [0.1, 0.15) is 28.7 Å². The lowest BCUT2D eigenvalue weighted by atomic mass is 9.87. The zero-order valence-corrected chi connectivity index (χ0v) is 13.1. The summed E-state index contributed by atoms with van der Waals surface area (Å²) in [6.07, 6.45) is -0.936. The topological polar surface area (TPSA) is 46.2 Å². The van der Waals surface area contributed by atoms with Crippen LogP contribution in [0.25, 0.3) is 0 Å². The van der Waals surface area contributed by atoms with E-state index in [9.17, 15) is 13.9 Å². The maximum absolute atomic E-state index is 13.4. The van der Waals surface area contributed by atoms with E-state index in [1.807, 2.05) is 13.0 Å². The number of hydrogen-bond acceptors (Lipinski definition) is 2. The molecule has 21 heavy (non-hydrogen) atoms. The van der Waals surface area contributed by atoms with Gasteiger partial charge in [0, 0.05) is 23.0 Å². The summed E-state index contributed by atoms with van der Waals surface area (Å²) in [6.45, 7) is 1.94. The molecule has 0 saturated carbocycles. The van der Waals surface area contributed by atoms with Gasteiger partial charge in [-0.2, -0.15) is 0 Å². The monoisotopic (exact) mass is 355 g/mol. The lowest BCUT2D eigenvalue weighted by Crippen LogP contribution is -2.21. The van der Waals surface area contributed by atoms with Gasteiger partial charge in [-0.05, 0) is 41.8 Å². The molecule has 0 fully saturated rings. The highest BCUT2D eigenvalue weighted by Gasteiger charge is 2.24. The van der Waals surface area contributed by atoms with Crippen molar-refractivity contribution in [3.8, 4) is 0 Å². The predicted octanol–water partition coefficient (Wildman–Crippen LogP) is 3.81. The molecule has 3 N–H and O–H groups in total. The quantitative estimate of drug-likeness (QED) is 0.875. The maximum atomic E-state index is 13.4. The molecule has 2 rings (SSSR count). The fourth-order valence-corrected chi connectivity index (χ4v) is 2.78. The molecule has 112 valence electrons. The Morgan fingerprint density at radius 1 is 1.19 bits per heavy atom. The third kappa shape index (κ3) is 3.48. The summed E-state index contributed by atoms with van der Waals surface area (Å²) >= 11 is 3.40. The van der Waals surface area contributed by atoms with Crippen LogP contribution in [-0.4, -0.2) is 11.7 Å². The maximum Gasteiger partial charge on any atom is 0.126 e. The van der Waals surface area contributed by atoms with Gasteiger partial charge in [-0.3, -0.25) is 0 Å². The third-order valence-corrected chi connectivity index (χ3v) is 4.44. The van der Waals surface area contributed by atoms with Gasteiger partial charge in [-0.15, -0.1) is 0 Å². The molecule has 2 unspecified atom stereocenters. The Morgan fingerprint density at radius 3 is 2.38 bits per heavy atom. The van der Waals surface area contributed by atoms with E-state index in [1.54, 1.807) is 12.1 Å². The number of hydrogen-bond donors (Lipinski definition) is 2. The van der Waals surface area contributed by atoms with Crippen LogP contribution in [0.4, 0.5) is 8.78 Å². The lowest BCUT2D eigenvalue weighted by Gasteiger charge is -2.24. The Labute approximate surface area is 130 Å². The molecule has 0 amide bonds. The van der Waals surface area contributed by atoms with E-state index in [1.165, 1.54) is 12.1 Å². The first-order valence-electron chi connectivity index (χ1n) is 6.53. The average molecular weight is 356 g/mol. The second-order valence-electron chi connectivity index (χ2n) is 4.94. The van der Waals surface area contributed by atoms with Gasteiger partial charge in [0.15, 0.2) is 0 Å². The van der Waals surface area contributed by atoms with Gasteiger partial charge in [0.25, 0.3) is 0 Å². The highest BCUT2D eigenvalue weighted by Crippen LogP contribution is 2.34. The number of nitrogens with two attached hydrogens (primary N) is 1. The van der Waals surface area contributed by atoms with Crippen LogP contribution >= 0.6 is 15.9 Å². The Bertz CT molecular complexity index is 628. The van der Waals surface area contributed by atoms with E-state index in [0.29, 0.717) is 11.1 Å². The Hall–Kier alpha value is -1.30. The smallest absolute Gasteiger partial charge is 0.126 e. The first kappa shape index (κ1) is 16.1. The second-order valence-corrected chi connectivity index (χ2v) is 5.80. The summed E-state index contributed by atoms with van der Waals surface area (Å²) in [5.41, 5.74) is 7.62. The van der Waals surface area contributed by atoms with Crippen LogP contribution < -0.4 is 5.73 Å². The molecule has 0 radical (unpaired) electrons. The standard InChI is InChI=1S/C16H16BrF2NO/c1-9-13(3-2-4-15(9)17)16(21)14(8-20)10-5-11(18)7-12(19)6-10/h2-7,14,16,21H,8,20H2,1H3. The van der Waals surface area contributed by atoms with Crippen molar-refractivity contribution in [3.05, 3.63) is 69.2 Å². The van der Waals surface area contributed by atoms with Crippen LogP contribution in [0, 0.1) is 18.6 Å². The van der Waals surface area contributed by atoms with Crippen LogP contribution in [0.2, 0.25) is 0 Å². The minimum absolute atomic E-state index is 0.0794. The summed E-state index contributed by atoms with van der Waals surface area (Å²) in [5.74, 6) is -1.94. The molecule has 0 bridgehead atoms. The fraction of sp³-hybridized carbons (Fsp3) is 0.250. The van der Waals surface area contributed by atoms with Gasteiger partial charge in [0.2, 0.25) is 0 Å². The SMILES string of the molecule is Cc1c(Br)cccc1C(O)C(CN)c1cc(F)cc(F)c1. The van der Waals surface area contributed by atoms with E-state index in [4.69, 9.17) is 5.73 Å². The van der Waals surface area contributed by atoms with E-state index < -0.39 is 23.7 Å². The van der Waals surface area contributed by atoms with Gasteiger partial charge >= 0.3 is 0 Å². The van der Waals surface area contributed by atoms with Gasteiger partial charge in [-0.25, -0.2) is 8.78 Å². The molecule has 0 aliphatic rings. The van der Waals surface area contributed by atoms with Crippen LogP contribution in [0.5, 0.6) is 0 Å². The zero-order valence-electron chi connectivity index (χ0n) is 11.5. The largest absolute Gasteiger partial charge is 0.388 e. The number of rotatable bonds is 4. The molecule has 2 aromatic rings. The Morgan fingerprint density at radius 2 is 1.81 bits per heavy atom. The molecule has 0 aliphatic heterocycles. The minimum atomic E-state index is -0.936. The summed E-state index contributed by atoms with van der Waals surface area (Å²) in [7, 11) is 0. The molecule has 0 aromatic heterocycles. The predicted molar refractivity (Wildman–Crippen MR) is 82.0 cm³/mol. The molecular formula is C16H16BrF2NO. The molecule has 2 nitrogen and oxygen atoms in total. The van der Waals surface area contributed by atoms with Crippen LogP contribution in [0.15, 0.2) is 40.9 Å². The van der Waals surface area contributed by atoms with Crippen molar-refractivity contribution in [2.24, 2.45) is 5.73 Å². The average Bonchev–Trinajstić information content (AvgIpc) is 2.41. The Kier molecular flexibility index (Phi) is 5.08. The van der Waals surface area contributed by atoms with Gasteiger partial charge in [0.1, 0.15) is 11.6 Å². The molecule has 0 heterocycles. The van der Waals surface area contributed by atoms with Crippen molar-refractivity contribution in [2.45, 2.75) is 18.9 Å². The molecule has 2 aromatic carbocycles. The molecule has 0 spiro atoms. The summed E-state index contributed by atoms with van der Waals surface area (Å²) in [5, 5.41) is 10.6. The second kappa shape index (κ2) is 6.64. The van der Waals surface area contributed by atoms with Crippen molar-refractivity contribution < 1.29 is 13.9 Å². The number of aliphatic hydroxyl groups excluding tert-OH is 1. The summed E-state index contributed by atoms with van der Waals surface area (Å²) < 4.78 is 27.6. The van der Waals surface area contributed by atoms with E-state index in [0.717, 1.165) is 16.1 Å². The van der Waals surface area contributed by atoms with Crippen molar-refractivity contribution in [1.82, 2.24) is 0 Å². The van der Waals surface area contributed by atoms with E-state index in [-0.39, 0.29) is 6.54 Å². The van der Waals surface area contributed by atoms with Crippen LogP contribution in [-0.2, 0) is 0 Å². The summed E-state index contributed by atoms with van der Waals surface area (Å²) in [4.78, 5) is 0. The first-order valence-corrected chi connectivity index (χ1v) is 7.32. The van der Waals surface area contributed by atoms with Crippen molar-refractivity contribution in [1.29, 1.82) is 0 Å². The highest BCUT2D eigenvalue weighted by molar-refractivity contribution is 9.10. The number of halogens is 3. The molecule has 0 saturated heterocycles. The normalized spacial score (nSPS) is 14.0. The fourth-order valence-electron chi connectivity index (χ4n) is 2.40. The van der Waals surface area contributed by atoms with Crippen molar-refractivity contribution in [2.75, 3.05) is 6.54 Å². The molecule has 5 heteroatoms. The molecule has 2 atom stereocenters. The lowest BCUT2D eigenvalue weighted by molar-refractivity contribution is 0.146. The third-order valence-electron chi connectivity index (χ3n) is 3.58. The van der Waals surface area contributed by atoms with E-state index >= 15 is 0 Å². The van der Waals surface area contributed by atoms with Gasteiger partial charge in [-0.1, -0.05) is 28.1 Å². The highest BCUT2D eigenvalue weighted by atomic mass is 79.9. The summed E-state index contributed by atoms with van der Waals surface area (Å²) in [6, 6.07) is 8.66. The van der Waals surface area contributed by atoms with Crippen LogP contribution in [0.3, 0.4) is 0 Å². The Balaban J connectivity index is 2.43. The van der Waals surface area contributed by atoms with Gasteiger partial charge in [0.05, 0.1) is 6.10 Å². The van der Waals surface area contributed by atoms with Crippen molar-refractivity contribution in [3.63, 3.8) is 0 Å². The molecular weight excluding hydrogens is 340 g/mol. The first-order chi connectivity index (χ1) is 9.93. The van der Waals surface area contributed by atoms with Crippen molar-refractivity contribution >= 4 is 15.9 Å². The number of benzene rings is 2. The zero-order chi connectivity index (χ0) is 15.6. The van der Waals surface area contributed by atoms with E-state index in [2.05, 4.69) is 15.9 Å². The number of aliphatic hydroxyl groups is 1. The minimum Gasteiger partial charge on any atom is -0.388 e.